The third-order valence-corrected chi connectivity index (χ3v) is 8.31. The second kappa shape index (κ2) is 14.9. The maximum atomic E-state index is 14.0. The van der Waals surface area contributed by atoms with Gasteiger partial charge in [0.05, 0.1) is 30.8 Å². The van der Waals surface area contributed by atoms with E-state index in [1.165, 1.54) is 4.68 Å². The van der Waals surface area contributed by atoms with Gasteiger partial charge in [-0.2, -0.15) is 9.78 Å². The van der Waals surface area contributed by atoms with Gasteiger partial charge < -0.3 is 14.2 Å². The van der Waals surface area contributed by atoms with Crippen LogP contribution in [0.25, 0.3) is 22.3 Å². The van der Waals surface area contributed by atoms with Crippen LogP contribution in [0.5, 0.6) is 17.2 Å². The molecular weight excluding hydrogens is 633 g/mol. The van der Waals surface area contributed by atoms with Gasteiger partial charge in [0.1, 0.15) is 12.4 Å². The maximum Gasteiger partial charge on any atom is 0.282 e. The van der Waals surface area contributed by atoms with Crippen LogP contribution in [0.3, 0.4) is 0 Å². The molecule has 5 aromatic rings. The van der Waals surface area contributed by atoms with E-state index in [1.54, 1.807) is 37.6 Å². The summed E-state index contributed by atoms with van der Waals surface area (Å²) in [6.45, 7) is 12.9. The van der Waals surface area contributed by atoms with Gasteiger partial charge in [-0.1, -0.05) is 61.3 Å². The minimum Gasteiger partial charge on any atom is -0.494 e. The Balaban J connectivity index is 1.62. The number of hydrogen-bond acceptors (Lipinski definition) is 6. The molecule has 0 saturated heterocycles. The fraction of sp³-hybridized carbons (Fsp3) is 0.237. The topological polar surface area (TPSA) is 74.9 Å². The highest BCUT2D eigenvalue weighted by Gasteiger charge is 2.19. The highest BCUT2D eigenvalue weighted by atomic mass is 35.5. The second-order valence-electron chi connectivity index (χ2n) is 11.3. The molecule has 0 amide bonds. The molecule has 9 heteroatoms. The van der Waals surface area contributed by atoms with Crippen molar-refractivity contribution in [3.63, 3.8) is 0 Å². The van der Waals surface area contributed by atoms with E-state index in [2.05, 4.69) is 26.5 Å². The van der Waals surface area contributed by atoms with Gasteiger partial charge in [0.2, 0.25) is 0 Å². The predicted molar refractivity (Wildman–Crippen MR) is 192 cm³/mol. The van der Waals surface area contributed by atoms with E-state index in [0.717, 1.165) is 33.6 Å². The SMILES string of the molecule is C=CCc1cc(C=Nn2c(-c3cc(C(C)C)c(OCC)cc3C)nc3ccccc3c2=O)cc(OC)c1OCc1ccc(Cl)cc1Cl. The van der Waals surface area contributed by atoms with Crippen molar-refractivity contribution in [2.45, 2.75) is 46.6 Å². The molecular formula is C38H37Cl2N3O4. The van der Waals surface area contributed by atoms with E-state index in [4.69, 9.17) is 47.5 Å². The lowest BCUT2D eigenvalue weighted by Crippen LogP contribution is -2.21. The number of aromatic nitrogens is 2. The lowest BCUT2D eigenvalue weighted by molar-refractivity contribution is 0.282. The van der Waals surface area contributed by atoms with Crippen molar-refractivity contribution < 1.29 is 14.2 Å². The molecule has 0 aliphatic carbocycles. The molecule has 242 valence electrons. The monoisotopic (exact) mass is 669 g/mol. The van der Waals surface area contributed by atoms with Gasteiger partial charge in [0.25, 0.3) is 5.56 Å². The summed E-state index contributed by atoms with van der Waals surface area (Å²) in [6.07, 6.45) is 3.92. The predicted octanol–water partition coefficient (Wildman–Crippen LogP) is 9.40. The highest BCUT2D eigenvalue weighted by molar-refractivity contribution is 6.35. The lowest BCUT2D eigenvalue weighted by atomic mass is 9.96. The van der Waals surface area contributed by atoms with E-state index in [9.17, 15) is 4.79 Å². The molecule has 0 aliphatic rings. The van der Waals surface area contributed by atoms with Crippen LogP contribution in [-0.2, 0) is 13.0 Å². The molecule has 0 radical (unpaired) electrons. The second-order valence-corrected chi connectivity index (χ2v) is 12.2. The zero-order valence-electron chi connectivity index (χ0n) is 27.1. The number of allylic oxidation sites excluding steroid dienone is 1. The number of nitrogens with zero attached hydrogens (tertiary/aromatic N) is 3. The van der Waals surface area contributed by atoms with Crippen LogP contribution in [0.1, 0.15) is 54.5 Å². The number of fused-ring (bicyclic) bond motifs is 1. The molecule has 7 nitrogen and oxygen atoms in total. The Labute approximate surface area is 285 Å². The van der Waals surface area contributed by atoms with Crippen molar-refractivity contribution >= 4 is 40.3 Å². The van der Waals surface area contributed by atoms with Crippen molar-refractivity contribution in [3.05, 3.63) is 128 Å². The molecule has 0 N–H and O–H groups in total. The Hall–Kier alpha value is -4.59. The molecule has 0 fully saturated rings. The normalized spacial score (nSPS) is 11.4. The molecule has 0 atom stereocenters. The van der Waals surface area contributed by atoms with Crippen LogP contribution >= 0.6 is 23.2 Å². The molecule has 47 heavy (non-hydrogen) atoms. The van der Waals surface area contributed by atoms with Gasteiger partial charge >= 0.3 is 0 Å². The van der Waals surface area contributed by atoms with E-state index in [0.29, 0.717) is 56.9 Å². The van der Waals surface area contributed by atoms with Crippen LogP contribution in [0.15, 0.2) is 89.3 Å². The molecule has 0 saturated carbocycles. The Kier molecular flexibility index (Phi) is 10.7. The summed E-state index contributed by atoms with van der Waals surface area (Å²) < 4.78 is 19.3. The Morgan fingerprint density at radius 1 is 1.00 bits per heavy atom. The van der Waals surface area contributed by atoms with E-state index < -0.39 is 0 Å². The zero-order valence-corrected chi connectivity index (χ0v) is 28.7. The first-order valence-electron chi connectivity index (χ1n) is 15.4. The summed E-state index contributed by atoms with van der Waals surface area (Å²) in [5, 5.41) is 6.26. The highest BCUT2D eigenvalue weighted by Crippen LogP contribution is 2.36. The standard InChI is InChI=1S/C38H37Cl2N3O4/c1-7-11-26-17-25(18-35(45-6)36(26)47-22-27-14-15-28(39)19-32(27)40)21-41-43-37(42-33-13-10-9-12-29(33)38(43)44)31-20-30(23(3)4)34(46-8-2)16-24(31)5/h7,9-10,12-21,23H,1,8,11,22H2,2-6H3. The molecule has 0 aliphatic heterocycles. The van der Waals surface area contributed by atoms with Crippen molar-refractivity contribution in [1.82, 2.24) is 9.66 Å². The Bertz CT molecular complexity index is 2030. The number of hydrogen-bond donors (Lipinski definition) is 0. The summed E-state index contributed by atoms with van der Waals surface area (Å²) in [5.41, 5.74) is 5.38. The van der Waals surface area contributed by atoms with Crippen LogP contribution in [0.2, 0.25) is 10.0 Å². The largest absolute Gasteiger partial charge is 0.494 e. The van der Waals surface area contributed by atoms with Crippen molar-refractivity contribution in [2.24, 2.45) is 5.10 Å². The smallest absolute Gasteiger partial charge is 0.282 e. The molecule has 0 spiro atoms. The summed E-state index contributed by atoms with van der Waals surface area (Å²) in [5.74, 6) is 2.51. The van der Waals surface area contributed by atoms with Crippen LogP contribution in [0, 0.1) is 6.92 Å². The fourth-order valence-corrected chi connectivity index (χ4v) is 5.83. The van der Waals surface area contributed by atoms with Crippen molar-refractivity contribution in [3.8, 4) is 28.6 Å². The first-order chi connectivity index (χ1) is 22.6. The Morgan fingerprint density at radius 3 is 2.49 bits per heavy atom. The lowest BCUT2D eigenvalue weighted by Gasteiger charge is -2.18. The van der Waals surface area contributed by atoms with Crippen LogP contribution < -0.4 is 19.8 Å². The van der Waals surface area contributed by atoms with E-state index >= 15 is 0 Å². The van der Waals surface area contributed by atoms with Crippen LogP contribution in [-0.4, -0.2) is 29.6 Å². The van der Waals surface area contributed by atoms with Gasteiger partial charge in [-0.25, -0.2) is 4.98 Å². The first-order valence-corrected chi connectivity index (χ1v) is 16.1. The summed E-state index contributed by atoms with van der Waals surface area (Å²) in [4.78, 5) is 18.9. The first kappa shape index (κ1) is 33.8. The Morgan fingerprint density at radius 2 is 1.79 bits per heavy atom. The minimum absolute atomic E-state index is 0.187. The molecule has 5 rings (SSSR count). The average Bonchev–Trinajstić information content (AvgIpc) is 3.04. The number of rotatable bonds is 12. The third-order valence-electron chi connectivity index (χ3n) is 7.72. The molecule has 4 aromatic carbocycles. The fourth-order valence-electron chi connectivity index (χ4n) is 5.37. The zero-order chi connectivity index (χ0) is 33.7. The number of benzene rings is 4. The van der Waals surface area contributed by atoms with Gasteiger partial charge in [-0.15, -0.1) is 6.58 Å². The third kappa shape index (κ3) is 7.37. The number of para-hydroxylation sites is 1. The summed E-state index contributed by atoms with van der Waals surface area (Å²) in [7, 11) is 1.58. The summed E-state index contributed by atoms with van der Waals surface area (Å²) >= 11 is 12.5. The van der Waals surface area contributed by atoms with Gasteiger partial charge in [0, 0.05) is 26.7 Å². The molecule has 1 aromatic heterocycles. The maximum absolute atomic E-state index is 14.0. The molecule has 1 heterocycles. The summed E-state index contributed by atoms with van der Waals surface area (Å²) in [6, 6.07) is 20.4. The van der Waals surface area contributed by atoms with Crippen molar-refractivity contribution in [2.75, 3.05) is 13.7 Å². The van der Waals surface area contributed by atoms with Crippen molar-refractivity contribution in [1.29, 1.82) is 0 Å². The number of aryl methyl sites for hydroxylation is 1. The number of ether oxygens (including phenoxy) is 3. The van der Waals surface area contributed by atoms with E-state index in [-0.39, 0.29) is 18.1 Å². The molecule has 0 bridgehead atoms. The van der Waals surface area contributed by atoms with E-state index in [1.807, 2.05) is 56.3 Å². The van der Waals surface area contributed by atoms with Gasteiger partial charge in [-0.3, -0.25) is 4.79 Å². The quantitative estimate of drug-likeness (QED) is 0.0977. The van der Waals surface area contributed by atoms with Crippen LogP contribution in [0.4, 0.5) is 0 Å². The number of methoxy groups -OCH3 is 1. The number of halogens is 2. The minimum atomic E-state index is -0.278. The molecule has 0 unspecified atom stereocenters. The van der Waals surface area contributed by atoms with Gasteiger partial charge in [-0.05, 0) is 91.4 Å². The van der Waals surface area contributed by atoms with Gasteiger partial charge in [0.15, 0.2) is 17.3 Å². The average molecular weight is 671 g/mol.